The van der Waals surface area contributed by atoms with Crippen LogP contribution in [0.25, 0.3) is 0 Å². The minimum Gasteiger partial charge on any atom is -0.339 e. The molecule has 98 valence electrons. The summed E-state index contributed by atoms with van der Waals surface area (Å²) in [4.78, 5) is 14.0. The average molecular weight is 288 g/mol. The van der Waals surface area contributed by atoms with E-state index in [-0.39, 0.29) is 15.8 Å². The number of benzene rings is 1. The zero-order valence-corrected chi connectivity index (χ0v) is 11.3. The molecule has 0 aliphatic carbocycles. The van der Waals surface area contributed by atoms with Crippen LogP contribution in [0.15, 0.2) is 23.1 Å². The standard InChI is InChI=1S/C12H14ClNO3S/c13-10-5-4-9(8-11(10)18(16)17)12(15)14-6-2-1-3-7-14/h4-5,8H,1-3,6-7H2,(H,16,17). The van der Waals surface area contributed by atoms with E-state index in [1.54, 1.807) is 11.0 Å². The Labute approximate surface area is 113 Å². The first-order valence-electron chi connectivity index (χ1n) is 5.79. The molecule has 0 radical (unpaired) electrons. The van der Waals surface area contributed by atoms with Crippen LogP contribution in [0.4, 0.5) is 0 Å². The van der Waals surface area contributed by atoms with Crippen molar-refractivity contribution >= 4 is 28.6 Å². The van der Waals surface area contributed by atoms with Gasteiger partial charge in [-0.15, -0.1) is 0 Å². The van der Waals surface area contributed by atoms with Crippen molar-refractivity contribution in [2.75, 3.05) is 13.1 Å². The normalized spacial score (nSPS) is 17.6. The SMILES string of the molecule is O=C(c1ccc(Cl)c(S(=O)O)c1)N1CCCCC1. The summed E-state index contributed by atoms with van der Waals surface area (Å²) < 4.78 is 20.2. The molecule has 1 unspecified atom stereocenters. The smallest absolute Gasteiger partial charge is 0.253 e. The van der Waals surface area contributed by atoms with Gasteiger partial charge in [-0.1, -0.05) is 11.6 Å². The Morgan fingerprint density at radius 1 is 1.28 bits per heavy atom. The predicted molar refractivity (Wildman–Crippen MR) is 70.2 cm³/mol. The third-order valence-corrected chi connectivity index (χ3v) is 4.17. The number of hydrogen-bond acceptors (Lipinski definition) is 2. The molecular formula is C12H14ClNO3S. The lowest BCUT2D eigenvalue weighted by Gasteiger charge is -2.26. The van der Waals surface area contributed by atoms with Crippen LogP contribution in [0.1, 0.15) is 29.6 Å². The molecule has 1 aromatic carbocycles. The van der Waals surface area contributed by atoms with E-state index in [9.17, 15) is 9.00 Å². The monoisotopic (exact) mass is 287 g/mol. The highest BCUT2D eigenvalue weighted by atomic mass is 35.5. The Bertz CT molecular complexity index is 486. The van der Waals surface area contributed by atoms with Crippen LogP contribution >= 0.6 is 11.6 Å². The van der Waals surface area contributed by atoms with Crippen LogP contribution in [-0.4, -0.2) is 32.7 Å². The van der Waals surface area contributed by atoms with Gasteiger partial charge >= 0.3 is 0 Å². The summed E-state index contributed by atoms with van der Waals surface area (Å²) in [6, 6.07) is 4.48. The van der Waals surface area contributed by atoms with E-state index < -0.39 is 11.1 Å². The number of nitrogens with zero attached hydrogens (tertiary/aromatic N) is 1. The average Bonchev–Trinajstić information content (AvgIpc) is 2.39. The molecular weight excluding hydrogens is 274 g/mol. The molecule has 1 aliphatic rings. The van der Waals surface area contributed by atoms with Gasteiger partial charge in [0, 0.05) is 18.7 Å². The van der Waals surface area contributed by atoms with Crippen LogP contribution in [-0.2, 0) is 11.1 Å². The summed E-state index contributed by atoms with van der Waals surface area (Å²) in [6.45, 7) is 1.50. The number of carbonyl (C=O) groups is 1. The molecule has 1 aliphatic heterocycles. The quantitative estimate of drug-likeness (QED) is 0.851. The van der Waals surface area contributed by atoms with Crippen LogP contribution < -0.4 is 0 Å². The number of likely N-dealkylation sites (tertiary alicyclic amines) is 1. The van der Waals surface area contributed by atoms with Gasteiger partial charge in [-0.25, -0.2) is 4.21 Å². The molecule has 18 heavy (non-hydrogen) atoms. The first-order chi connectivity index (χ1) is 8.59. The maximum Gasteiger partial charge on any atom is 0.253 e. The van der Waals surface area contributed by atoms with Crippen LogP contribution in [0.3, 0.4) is 0 Å². The molecule has 2 rings (SSSR count). The summed E-state index contributed by atoms with van der Waals surface area (Å²) in [7, 11) is 0. The summed E-state index contributed by atoms with van der Waals surface area (Å²) in [5.74, 6) is -0.0990. The van der Waals surface area contributed by atoms with Crippen LogP contribution in [0, 0.1) is 0 Å². The second kappa shape index (κ2) is 5.82. The minimum absolute atomic E-state index is 0.0829. The first-order valence-corrected chi connectivity index (χ1v) is 7.28. The highest BCUT2D eigenvalue weighted by Crippen LogP contribution is 2.22. The minimum atomic E-state index is -2.17. The summed E-state index contributed by atoms with van der Waals surface area (Å²) in [6.07, 6.45) is 3.17. The van der Waals surface area contributed by atoms with Crippen molar-refractivity contribution in [3.8, 4) is 0 Å². The number of piperidine rings is 1. The van der Waals surface area contributed by atoms with Gasteiger partial charge < -0.3 is 9.45 Å². The molecule has 1 heterocycles. The van der Waals surface area contributed by atoms with Crippen molar-refractivity contribution < 1.29 is 13.6 Å². The molecule has 1 N–H and O–H groups in total. The topological polar surface area (TPSA) is 57.6 Å². The Morgan fingerprint density at radius 3 is 2.56 bits per heavy atom. The van der Waals surface area contributed by atoms with E-state index in [4.69, 9.17) is 16.2 Å². The number of halogens is 1. The molecule has 0 saturated carbocycles. The Balaban J connectivity index is 2.24. The van der Waals surface area contributed by atoms with Gasteiger partial charge in [0.05, 0.1) is 9.92 Å². The number of hydrogen-bond donors (Lipinski definition) is 1. The molecule has 1 aromatic rings. The Hall–Kier alpha value is -0.910. The zero-order valence-electron chi connectivity index (χ0n) is 9.76. The van der Waals surface area contributed by atoms with Crippen molar-refractivity contribution in [1.82, 2.24) is 4.90 Å². The van der Waals surface area contributed by atoms with Crippen molar-refractivity contribution in [3.05, 3.63) is 28.8 Å². The fraction of sp³-hybridized carbons (Fsp3) is 0.417. The molecule has 0 spiro atoms. The van der Waals surface area contributed by atoms with Gasteiger partial charge in [-0.2, -0.15) is 0 Å². The molecule has 1 atom stereocenters. The van der Waals surface area contributed by atoms with Crippen molar-refractivity contribution in [2.45, 2.75) is 24.2 Å². The number of rotatable bonds is 2. The van der Waals surface area contributed by atoms with Gasteiger partial charge in [-0.3, -0.25) is 4.79 Å². The number of carbonyl (C=O) groups excluding carboxylic acids is 1. The second-order valence-electron chi connectivity index (χ2n) is 4.25. The summed E-state index contributed by atoms with van der Waals surface area (Å²) in [5.41, 5.74) is 0.415. The zero-order chi connectivity index (χ0) is 13.1. The maximum absolute atomic E-state index is 12.2. The molecule has 1 fully saturated rings. The van der Waals surface area contributed by atoms with E-state index in [2.05, 4.69) is 0 Å². The summed E-state index contributed by atoms with van der Waals surface area (Å²) in [5, 5.41) is 0.200. The van der Waals surface area contributed by atoms with Crippen molar-refractivity contribution in [2.24, 2.45) is 0 Å². The van der Waals surface area contributed by atoms with E-state index >= 15 is 0 Å². The third-order valence-electron chi connectivity index (χ3n) is 3.01. The van der Waals surface area contributed by atoms with Gasteiger partial charge in [0.25, 0.3) is 5.91 Å². The fourth-order valence-corrected chi connectivity index (χ4v) is 2.83. The highest BCUT2D eigenvalue weighted by Gasteiger charge is 2.19. The fourth-order valence-electron chi connectivity index (χ4n) is 2.05. The molecule has 0 bridgehead atoms. The van der Waals surface area contributed by atoms with Gasteiger partial charge in [-0.05, 0) is 37.5 Å². The van der Waals surface area contributed by atoms with Gasteiger partial charge in [0.1, 0.15) is 0 Å². The van der Waals surface area contributed by atoms with Crippen LogP contribution in [0.2, 0.25) is 5.02 Å². The predicted octanol–water partition coefficient (Wildman–Crippen LogP) is 2.55. The van der Waals surface area contributed by atoms with Gasteiger partial charge in [0.15, 0.2) is 11.1 Å². The Kier molecular flexibility index (Phi) is 4.37. The lowest BCUT2D eigenvalue weighted by Crippen LogP contribution is -2.35. The summed E-state index contributed by atoms with van der Waals surface area (Å²) >= 11 is 3.63. The lowest BCUT2D eigenvalue weighted by atomic mass is 10.1. The highest BCUT2D eigenvalue weighted by molar-refractivity contribution is 7.79. The Morgan fingerprint density at radius 2 is 1.94 bits per heavy atom. The molecule has 1 amide bonds. The van der Waals surface area contributed by atoms with E-state index in [0.29, 0.717) is 5.56 Å². The molecule has 4 nitrogen and oxygen atoms in total. The van der Waals surface area contributed by atoms with E-state index in [1.165, 1.54) is 12.1 Å². The van der Waals surface area contributed by atoms with E-state index in [1.807, 2.05) is 0 Å². The van der Waals surface area contributed by atoms with Crippen LogP contribution in [0.5, 0.6) is 0 Å². The van der Waals surface area contributed by atoms with E-state index in [0.717, 1.165) is 32.4 Å². The molecule has 6 heteroatoms. The maximum atomic E-state index is 12.2. The third kappa shape index (κ3) is 2.91. The number of amides is 1. The molecule has 0 aromatic heterocycles. The van der Waals surface area contributed by atoms with Crippen molar-refractivity contribution in [3.63, 3.8) is 0 Å². The largest absolute Gasteiger partial charge is 0.339 e. The van der Waals surface area contributed by atoms with Gasteiger partial charge in [0.2, 0.25) is 0 Å². The van der Waals surface area contributed by atoms with Crippen molar-refractivity contribution in [1.29, 1.82) is 0 Å². The molecule has 1 saturated heterocycles. The lowest BCUT2D eigenvalue weighted by molar-refractivity contribution is 0.0724. The second-order valence-corrected chi connectivity index (χ2v) is 5.59. The first kappa shape index (κ1) is 13.5.